The van der Waals surface area contributed by atoms with Crippen LogP contribution in [-0.4, -0.2) is 26.8 Å². The Bertz CT molecular complexity index is 155. The first-order valence-electron chi connectivity index (χ1n) is 2.91. The molecule has 0 bridgehead atoms. The van der Waals surface area contributed by atoms with Crippen LogP contribution < -0.4 is 0 Å². The maximum absolute atomic E-state index is 5.02. The zero-order valence-corrected chi connectivity index (χ0v) is 6.53. The van der Waals surface area contributed by atoms with Crippen LogP contribution in [0.3, 0.4) is 0 Å². The minimum Gasteiger partial charge on any atom is -0.345 e. The third-order valence-electron chi connectivity index (χ3n) is 0.948. The van der Waals surface area contributed by atoms with Gasteiger partial charge in [0.2, 0.25) is 12.6 Å². The minimum absolute atomic E-state index is 0.754. The first kappa shape index (κ1) is 10.0. The number of terminal acetylenes is 2. The van der Waals surface area contributed by atoms with Gasteiger partial charge in [-0.2, -0.15) is 0 Å². The van der Waals surface area contributed by atoms with Crippen LogP contribution in [0.25, 0.3) is 0 Å². The van der Waals surface area contributed by atoms with E-state index in [1.165, 1.54) is 14.2 Å². The van der Waals surface area contributed by atoms with Crippen molar-refractivity contribution in [2.24, 2.45) is 0 Å². The topological polar surface area (TPSA) is 27.7 Å². The molecule has 3 nitrogen and oxygen atoms in total. The SMILES string of the molecule is C#CC(OC)OC(C#C)OC. The van der Waals surface area contributed by atoms with Crippen molar-refractivity contribution in [1.82, 2.24) is 0 Å². The fourth-order valence-corrected chi connectivity index (χ4v) is 0.438. The first-order valence-corrected chi connectivity index (χ1v) is 2.91. The van der Waals surface area contributed by atoms with Gasteiger partial charge in [-0.15, -0.1) is 12.8 Å². The van der Waals surface area contributed by atoms with Gasteiger partial charge in [-0.1, -0.05) is 0 Å². The molecular weight excluding hydrogens is 144 g/mol. The van der Waals surface area contributed by atoms with Crippen LogP contribution in [-0.2, 0) is 14.2 Å². The second-order valence-electron chi connectivity index (χ2n) is 1.60. The van der Waals surface area contributed by atoms with Crippen LogP contribution in [0.15, 0.2) is 0 Å². The summed E-state index contributed by atoms with van der Waals surface area (Å²) < 4.78 is 14.3. The van der Waals surface area contributed by atoms with Gasteiger partial charge in [0.15, 0.2) is 0 Å². The summed E-state index contributed by atoms with van der Waals surface area (Å²) in [5.74, 6) is 4.46. The molecule has 2 unspecified atom stereocenters. The van der Waals surface area contributed by atoms with Gasteiger partial charge in [0, 0.05) is 14.2 Å². The van der Waals surface area contributed by atoms with Gasteiger partial charge in [0.25, 0.3) is 0 Å². The largest absolute Gasteiger partial charge is 0.345 e. The zero-order valence-electron chi connectivity index (χ0n) is 6.53. The van der Waals surface area contributed by atoms with Crippen LogP contribution in [0.1, 0.15) is 0 Å². The van der Waals surface area contributed by atoms with Gasteiger partial charge in [-0.05, 0) is 11.8 Å². The Hall–Kier alpha value is -1.00. The average Bonchev–Trinajstić information content (AvgIpc) is 2.07. The third kappa shape index (κ3) is 3.64. The Balaban J connectivity index is 3.82. The van der Waals surface area contributed by atoms with E-state index in [-0.39, 0.29) is 0 Å². The molecule has 0 amide bonds. The van der Waals surface area contributed by atoms with Crippen molar-refractivity contribution in [2.75, 3.05) is 14.2 Å². The van der Waals surface area contributed by atoms with Crippen molar-refractivity contribution in [3.8, 4) is 24.7 Å². The Morgan fingerprint density at radius 2 is 1.36 bits per heavy atom. The normalized spacial score (nSPS) is 14.5. The maximum Gasteiger partial charge on any atom is 0.225 e. The van der Waals surface area contributed by atoms with E-state index in [0.29, 0.717) is 0 Å². The molecule has 0 spiro atoms. The number of ether oxygens (including phenoxy) is 3. The maximum atomic E-state index is 5.02. The number of hydrogen-bond donors (Lipinski definition) is 0. The Kier molecular flexibility index (Phi) is 5.24. The monoisotopic (exact) mass is 154 g/mol. The highest BCUT2D eigenvalue weighted by molar-refractivity contribution is 4.94. The number of rotatable bonds is 4. The first-order chi connectivity index (χ1) is 5.28. The van der Waals surface area contributed by atoms with Crippen LogP contribution in [0.4, 0.5) is 0 Å². The summed E-state index contributed by atoms with van der Waals surface area (Å²) in [4.78, 5) is 0. The molecule has 0 fully saturated rings. The van der Waals surface area contributed by atoms with E-state index in [2.05, 4.69) is 11.8 Å². The van der Waals surface area contributed by atoms with Crippen LogP contribution in [0.5, 0.6) is 0 Å². The molecule has 2 atom stereocenters. The van der Waals surface area contributed by atoms with Gasteiger partial charge in [0.05, 0.1) is 0 Å². The fraction of sp³-hybridized carbons (Fsp3) is 0.500. The molecule has 0 aliphatic rings. The quantitative estimate of drug-likeness (QED) is 0.428. The van der Waals surface area contributed by atoms with E-state index in [1.54, 1.807) is 0 Å². The number of methoxy groups -OCH3 is 2. The molecular formula is C8H10O3. The van der Waals surface area contributed by atoms with Gasteiger partial charge in [0.1, 0.15) is 0 Å². The molecule has 0 saturated heterocycles. The van der Waals surface area contributed by atoms with Gasteiger partial charge < -0.3 is 14.2 Å². The molecule has 0 heterocycles. The van der Waals surface area contributed by atoms with Gasteiger partial charge in [-0.3, -0.25) is 0 Å². The lowest BCUT2D eigenvalue weighted by Crippen LogP contribution is -2.22. The highest BCUT2D eigenvalue weighted by atomic mass is 16.8. The summed E-state index contributed by atoms with van der Waals surface area (Å²) in [6.07, 6.45) is 8.53. The average molecular weight is 154 g/mol. The Morgan fingerprint density at radius 3 is 1.55 bits per heavy atom. The van der Waals surface area contributed by atoms with Crippen molar-refractivity contribution in [2.45, 2.75) is 12.6 Å². The van der Waals surface area contributed by atoms with E-state index in [4.69, 9.17) is 27.1 Å². The van der Waals surface area contributed by atoms with Gasteiger partial charge in [-0.25, -0.2) is 0 Å². The lowest BCUT2D eigenvalue weighted by Gasteiger charge is -2.13. The molecule has 3 heteroatoms. The van der Waals surface area contributed by atoms with Gasteiger partial charge >= 0.3 is 0 Å². The van der Waals surface area contributed by atoms with Crippen molar-refractivity contribution >= 4 is 0 Å². The molecule has 60 valence electrons. The van der Waals surface area contributed by atoms with Crippen LogP contribution >= 0.6 is 0 Å². The summed E-state index contributed by atoms with van der Waals surface area (Å²) in [6.45, 7) is 0. The molecule has 0 rings (SSSR count). The second kappa shape index (κ2) is 5.76. The molecule has 0 aromatic rings. The predicted octanol–water partition coefficient (Wildman–Crippen LogP) is 0.214. The molecule has 0 saturated carbocycles. The summed E-state index contributed by atoms with van der Waals surface area (Å²) in [7, 11) is 2.85. The van der Waals surface area contributed by atoms with Crippen molar-refractivity contribution in [3.05, 3.63) is 0 Å². The lowest BCUT2D eigenvalue weighted by atomic mass is 10.6. The highest BCUT2D eigenvalue weighted by Gasteiger charge is 2.09. The van der Waals surface area contributed by atoms with E-state index in [1.807, 2.05) is 0 Å². The third-order valence-corrected chi connectivity index (χ3v) is 0.948. The summed E-state index contributed by atoms with van der Waals surface area (Å²) in [5, 5.41) is 0. The molecule has 0 aromatic carbocycles. The molecule has 0 radical (unpaired) electrons. The molecule has 0 aromatic heterocycles. The van der Waals surface area contributed by atoms with Crippen molar-refractivity contribution < 1.29 is 14.2 Å². The Morgan fingerprint density at radius 1 is 1.00 bits per heavy atom. The molecule has 0 aliphatic heterocycles. The lowest BCUT2D eigenvalue weighted by molar-refractivity contribution is -0.180. The fourth-order valence-electron chi connectivity index (χ4n) is 0.438. The molecule has 11 heavy (non-hydrogen) atoms. The van der Waals surface area contributed by atoms with Crippen LogP contribution in [0, 0.1) is 24.7 Å². The van der Waals surface area contributed by atoms with Crippen LogP contribution in [0.2, 0.25) is 0 Å². The zero-order chi connectivity index (χ0) is 8.69. The Labute approximate surface area is 66.6 Å². The van der Waals surface area contributed by atoms with E-state index in [9.17, 15) is 0 Å². The van der Waals surface area contributed by atoms with Crippen molar-refractivity contribution in [3.63, 3.8) is 0 Å². The van der Waals surface area contributed by atoms with Crippen molar-refractivity contribution in [1.29, 1.82) is 0 Å². The summed E-state index contributed by atoms with van der Waals surface area (Å²) in [6, 6.07) is 0. The summed E-state index contributed by atoms with van der Waals surface area (Å²) in [5.41, 5.74) is 0. The van der Waals surface area contributed by atoms with E-state index in [0.717, 1.165) is 0 Å². The smallest absolute Gasteiger partial charge is 0.225 e. The standard InChI is InChI=1S/C8H10O3/c1-5-7(9-3)11-8(6-2)10-4/h1-2,7-8H,3-4H3. The second-order valence-corrected chi connectivity index (χ2v) is 1.60. The molecule has 0 N–H and O–H groups in total. The van der Waals surface area contributed by atoms with E-state index < -0.39 is 12.6 Å². The summed E-state index contributed by atoms with van der Waals surface area (Å²) >= 11 is 0. The minimum atomic E-state index is -0.754. The van der Waals surface area contributed by atoms with E-state index >= 15 is 0 Å². The number of hydrogen-bond acceptors (Lipinski definition) is 3. The highest BCUT2D eigenvalue weighted by Crippen LogP contribution is 1.97. The molecule has 0 aliphatic carbocycles. The predicted molar refractivity (Wildman–Crippen MR) is 40.3 cm³/mol.